The molecule has 1 fully saturated rings. The molecule has 0 atom stereocenters. The number of piperidine rings is 1. The minimum Gasteiger partial charge on any atom is -0.317 e. The minimum absolute atomic E-state index is 0.223. The smallest absolute Gasteiger partial charge is 0.166 e. The van der Waals surface area contributed by atoms with Crippen LogP contribution < -0.4 is 5.32 Å². The van der Waals surface area contributed by atoms with Gasteiger partial charge in [-0.1, -0.05) is 32.0 Å². The first-order valence-corrected chi connectivity index (χ1v) is 7.00. The Labute approximate surface area is 110 Å². The number of benzene rings is 1. The van der Waals surface area contributed by atoms with Crippen LogP contribution >= 0.6 is 0 Å². The van der Waals surface area contributed by atoms with Crippen molar-refractivity contribution in [2.75, 3.05) is 13.1 Å². The van der Waals surface area contributed by atoms with Gasteiger partial charge in [-0.15, -0.1) is 0 Å². The molecule has 1 aromatic rings. The molecule has 1 aliphatic rings. The predicted molar refractivity (Wildman–Crippen MR) is 74.9 cm³/mol. The van der Waals surface area contributed by atoms with Crippen molar-refractivity contribution in [2.24, 2.45) is 11.8 Å². The van der Waals surface area contributed by atoms with Gasteiger partial charge < -0.3 is 5.32 Å². The minimum atomic E-state index is 0.223. The van der Waals surface area contributed by atoms with E-state index in [4.69, 9.17) is 0 Å². The van der Waals surface area contributed by atoms with Gasteiger partial charge in [0.05, 0.1) is 0 Å². The molecular formula is C16H23NO. The van der Waals surface area contributed by atoms with Gasteiger partial charge in [-0.25, -0.2) is 0 Å². The van der Waals surface area contributed by atoms with Gasteiger partial charge in [0.2, 0.25) is 0 Å². The van der Waals surface area contributed by atoms with Gasteiger partial charge in [0.1, 0.15) is 0 Å². The lowest BCUT2D eigenvalue weighted by Crippen LogP contribution is -2.31. The fourth-order valence-electron chi connectivity index (χ4n) is 2.64. The molecule has 0 spiro atoms. The third kappa shape index (κ3) is 3.42. The zero-order valence-corrected chi connectivity index (χ0v) is 11.4. The summed E-state index contributed by atoms with van der Waals surface area (Å²) in [4.78, 5) is 12.4. The van der Waals surface area contributed by atoms with Crippen LogP contribution in [-0.2, 0) is 6.42 Å². The summed E-state index contributed by atoms with van der Waals surface area (Å²) in [5.74, 6) is 1.19. The Morgan fingerprint density at radius 2 is 2.06 bits per heavy atom. The highest BCUT2D eigenvalue weighted by molar-refractivity contribution is 5.98. The van der Waals surface area contributed by atoms with Crippen LogP contribution in [-0.4, -0.2) is 18.9 Å². The molecule has 2 rings (SSSR count). The topological polar surface area (TPSA) is 29.1 Å². The summed E-state index contributed by atoms with van der Waals surface area (Å²) in [6.07, 6.45) is 3.01. The van der Waals surface area contributed by atoms with Crippen molar-refractivity contribution in [3.63, 3.8) is 0 Å². The number of ketones is 1. The highest BCUT2D eigenvalue weighted by Crippen LogP contribution is 2.19. The molecule has 0 aromatic heterocycles. The summed E-state index contributed by atoms with van der Waals surface area (Å²) in [6, 6.07) is 8.20. The van der Waals surface area contributed by atoms with Crippen molar-refractivity contribution in [3.8, 4) is 0 Å². The van der Waals surface area contributed by atoms with Crippen molar-refractivity contribution in [2.45, 2.75) is 33.1 Å². The van der Waals surface area contributed by atoms with Crippen LogP contribution in [0.4, 0.5) is 0 Å². The van der Waals surface area contributed by atoms with E-state index in [0.29, 0.717) is 11.7 Å². The van der Waals surface area contributed by atoms with Gasteiger partial charge in [-0.3, -0.25) is 4.79 Å². The molecule has 2 nitrogen and oxygen atoms in total. The fourth-order valence-corrected chi connectivity index (χ4v) is 2.64. The first kappa shape index (κ1) is 13.3. The van der Waals surface area contributed by atoms with E-state index in [0.717, 1.165) is 37.9 Å². The SMILES string of the molecule is CC(C)Cc1cccc(C(=O)C2CCNCC2)c1. The molecule has 0 radical (unpaired) electrons. The fraction of sp³-hybridized carbons (Fsp3) is 0.562. The first-order chi connectivity index (χ1) is 8.66. The molecule has 0 saturated carbocycles. The number of hydrogen-bond acceptors (Lipinski definition) is 2. The molecule has 0 aliphatic carbocycles. The van der Waals surface area contributed by atoms with Crippen LogP contribution in [0.2, 0.25) is 0 Å². The Morgan fingerprint density at radius 3 is 2.72 bits per heavy atom. The Hall–Kier alpha value is -1.15. The van der Waals surface area contributed by atoms with E-state index in [-0.39, 0.29) is 5.92 Å². The maximum atomic E-state index is 12.4. The molecule has 1 aromatic carbocycles. The average Bonchev–Trinajstić information content (AvgIpc) is 2.38. The number of carbonyl (C=O) groups excluding carboxylic acids is 1. The largest absolute Gasteiger partial charge is 0.317 e. The lowest BCUT2D eigenvalue weighted by molar-refractivity contribution is 0.0895. The van der Waals surface area contributed by atoms with Gasteiger partial charge in [0.25, 0.3) is 0 Å². The van der Waals surface area contributed by atoms with Crippen molar-refractivity contribution >= 4 is 5.78 Å². The van der Waals surface area contributed by atoms with E-state index in [1.54, 1.807) is 0 Å². The third-order valence-corrected chi connectivity index (χ3v) is 3.57. The molecule has 0 amide bonds. The molecule has 1 aliphatic heterocycles. The van der Waals surface area contributed by atoms with Gasteiger partial charge >= 0.3 is 0 Å². The van der Waals surface area contributed by atoms with Gasteiger partial charge in [-0.2, -0.15) is 0 Å². The number of nitrogens with one attached hydrogen (secondary N) is 1. The standard InChI is InChI=1S/C16H23NO/c1-12(2)10-13-4-3-5-15(11-13)16(18)14-6-8-17-9-7-14/h3-5,11-12,14,17H,6-10H2,1-2H3. The third-order valence-electron chi connectivity index (χ3n) is 3.57. The van der Waals surface area contributed by atoms with Crippen molar-refractivity contribution in [3.05, 3.63) is 35.4 Å². The highest BCUT2D eigenvalue weighted by Gasteiger charge is 2.22. The molecule has 0 unspecified atom stereocenters. The number of hydrogen-bond donors (Lipinski definition) is 1. The van der Waals surface area contributed by atoms with Crippen LogP contribution in [0, 0.1) is 11.8 Å². The van der Waals surface area contributed by atoms with Crippen molar-refractivity contribution in [1.29, 1.82) is 0 Å². The van der Waals surface area contributed by atoms with E-state index in [1.165, 1.54) is 5.56 Å². The molecule has 1 N–H and O–H groups in total. The van der Waals surface area contributed by atoms with Crippen LogP contribution in [0.15, 0.2) is 24.3 Å². The van der Waals surface area contributed by atoms with E-state index in [9.17, 15) is 4.79 Å². The molecule has 1 saturated heterocycles. The Morgan fingerprint density at radius 1 is 1.33 bits per heavy atom. The second-order valence-electron chi connectivity index (χ2n) is 5.69. The van der Waals surface area contributed by atoms with Gasteiger partial charge in [0, 0.05) is 11.5 Å². The quantitative estimate of drug-likeness (QED) is 0.826. The Balaban J connectivity index is 2.09. The second kappa shape index (κ2) is 6.14. The van der Waals surface area contributed by atoms with Crippen molar-refractivity contribution in [1.82, 2.24) is 5.32 Å². The number of carbonyl (C=O) groups is 1. The maximum Gasteiger partial charge on any atom is 0.166 e. The average molecular weight is 245 g/mol. The molecule has 1 heterocycles. The normalized spacial score (nSPS) is 17.1. The van der Waals surface area contributed by atoms with Crippen LogP contribution in [0.1, 0.15) is 42.6 Å². The lowest BCUT2D eigenvalue weighted by Gasteiger charge is -2.21. The first-order valence-electron chi connectivity index (χ1n) is 7.00. The lowest BCUT2D eigenvalue weighted by atomic mass is 9.88. The van der Waals surface area contributed by atoms with Crippen LogP contribution in [0.3, 0.4) is 0 Å². The van der Waals surface area contributed by atoms with Gasteiger partial charge in [0.15, 0.2) is 5.78 Å². The van der Waals surface area contributed by atoms with Gasteiger partial charge in [-0.05, 0) is 49.9 Å². The van der Waals surface area contributed by atoms with Crippen LogP contribution in [0.5, 0.6) is 0 Å². The van der Waals surface area contributed by atoms with E-state index in [1.807, 2.05) is 12.1 Å². The van der Waals surface area contributed by atoms with Crippen LogP contribution in [0.25, 0.3) is 0 Å². The summed E-state index contributed by atoms with van der Waals surface area (Å²) in [5, 5.41) is 3.31. The molecular weight excluding hydrogens is 222 g/mol. The second-order valence-corrected chi connectivity index (χ2v) is 5.69. The summed E-state index contributed by atoms with van der Waals surface area (Å²) >= 11 is 0. The zero-order chi connectivity index (χ0) is 13.0. The summed E-state index contributed by atoms with van der Waals surface area (Å²) in [5.41, 5.74) is 2.19. The Bertz CT molecular complexity index is 405. The van der Waals surface area contributed by atoms with E-state index < -0.39 is 0 Å². The molecule has 18 heavy (non-hydrogen) atoms. The monoisotopic (exact) mass is 245 g/mol. The zero-order valence-electron chi connectivity index (χ0n) is 11.4. The van der Waals surface area contributed by atoms with E-state index in [2.05, 4.69) is 31.3 Å². The summed E-state index contributed by atoms with van der Waals surface area (Å²) < 4.78 is 0. The summed E-state index contributed by atoms with van der Waals surface area (Å²) in [6.45, 7) is 6.37. The maximum absolute atomic E-state index is 12.4. The molecule has 98 valence electrons. The highest BCUT2D eigenvalue weighted by atomic mass is 16.1. The Kier molecular flexibility index (Phi) is 4.54. The molecule has 0 bridgehead atoms. The molecule has 2 heteroatoms. The number of rotatable bonds is 4. The van der Waals surface area contributed by atoms with E-state index >= 15 is 0 Å². The number of Topliss-reactive ketones (excluding diaryl/α,β-unsaturated/α-hetero) is 1. The summed E-state index contributed by atoms with van der Waals surface area (Å²) in [7, 11) is 0. The van der Waals surface area contributed by atoms with Crippen molar-refractivity contribution < 1.29 is 4.79 Å². The predicted octanol–water partition coefficient (Wildman–Crippen LogP) is 3.07.